The fourth-order valence-electron chi connectivity index (χ4n) is 3.07. The molecule has 2 saturated heterocycles. The van der Waals surface area contributed by atoms with Crippen LogP contribution < -0.4 is 9.80 Å². The molecule has 22 heavy (non-hydrogen) atoms. The van der Waals surface area contributed by atoms with Gasteiger partial charge in [0.1, 0.15) is 18.0 Å². The highest BCUT2D eigenvalue weighted by Crippen LogP contribution is 2.24. The lowest BCUT2D eigenvalue weighted by atomic mass is 9.97. The van der Waals surface area contributed by atoms with E-state index >= 15 is 0 Å². The molecule has 2 fully saturated rings. The van der Waals surface area contributed by atoms with Crippen molar-refractivity contribution in [2.24, 2.45) is 5.92 Å². The number of piperidine rings is 1. The Balaban J connectivity index is 1.66. The van der Waals surface area contributed by atoms with Crippen molar-refractivity contribution in [3.63, 3.8) is 0 Å². The fraction of sp³-hybridized carbons (Fsp3) is 0.667. The zero-order valence-corrected chi connectivity index (χ0v) is 13.0. The number of aliphatic carboxylic acids is 1. The van der Waals surface area contributed by atoms with Gasteiger partial charge >= 0.3 is 5.97 Å². The van der Waals surface area contributed by atoms with Crippen LogP contribution in [0.2, 0.25) is 0 Å². The average Bonchev–Trinajstić information content (AvgIpc) is 2.56. The second kappa shape index (κ2) is 6.48. The number of likely N-dealkylation sites (N-methyl/N-ethyl adjacent to an activating group) is 1. The third-order valence-corrected chi connectivity index (χ3v) is 4.63. The average molecular weight is 305 g/mol. The quantitative estimate of drug-likeness (QED) is 0.873. The molecule has 0 unspecified atom stereocenters. The summed E-state index contributed by atoms with van der Waals surface area (Å²) in [6.07, 6.45) is 2.98. The van der Waals surface area contributed by atoms with Gasteiger partial charge in [0.05, 0.1) is 5.92 Å². The number of rotatable bonds is 3. The van der Waals surface area contributed by atoms with Gasteiger partial charge in [-0.05, 0) is 19.9 Å². The van der Waals surface area contributed by atoms with Crippen molar-refractivity contribution in [2.75, 3.05) is 56.1 Å². The SMILES string of the molecule is CN1CCN(c2cc(N3CCC(C(=O)O)CC3)ncn2)CC1. The molecule has 0 radical (unpaired) electrons. The lowest BCUT2D eigenvalue weighted by Crippen LogP contribution is -2.45. The third-order valence-electron chi connectivity index (χ3n) is 4.63. The molecule has 7 nitrogen and oxygen atoms in total. The zero-order valence-electron chi connectivity index (χ0n) is 13.0. The molecular weight excluding hydrogens is 282 g/mol. The van der Waals surface area contributed by atoms with E-state index in [9.17, 15) is 4.79 Å². The van der Waals surface area contributed by atoms with Crippen molar-refractivity contribution in [3.8, 4) is 0 Å². The number of nitrogens with zero attached hydrogens (tertiary/aromatic N) is 5. The summed E-state index contributed by atoms with van der Waals surface area (Å²) in [5.74, 6) is 0.988. The van der Waals surface area contributed by atoms with Gasteiger partial charge in [-0.2, -0.15) is 0 Å². The predicted molar refractivity (Wildman–Crippen MR) is 84.3 cm³/mol. The molecule has 0 saturated carbocycles. The van der Waals surface area contributed by atoms with Gasteiger partial charge in [-0.15, -0.1) is 0 Å². The second-order valence-electron chi connectivity index (χ2n) is 6.12. The Hall–Kier alpha value is -1.89. The maximum Gasteiger partial charge on any atom is 0.306 e. The summed E-state index contributed by atoms with van der Waals surface area (Å²) in [7, 11) is 2.13. The molecule has 120 valence electrons. The minimum absolute atomic E-state index is 0.213. The van der Waals surface area contributed by atoms with E-state index < -0.39 is 5.97 Å². The van der Waals surface area contributed by atoms with Crippen LogP contribution in [0.25, 0.3) is 0 Å². The number of carbonyl (C=O) groups is 1. The van der Waals surface area contributed by atoms with Gasteiger partial charge in [-0.1, -0.05) is 0 Å². The molecule has 0 aromatic carbocycles. The van der Waals surface area contributed by atoms with E-state index in [1.165, 1.54) is 0 Å². The Bertz CT molecular complexity index is 522. The highest BCUT2D eigenvalue weighted by molar-refractivity contribution is 5.70. The molecule has 0 spiro atoms. The smallest absolute Gasteiger partial charge is 0.306 e. The number of anilines is 2. The molecule has 2 aliphatic rings. The standard InChI is InChI=1S/C15H23N5O2/c1-18-6-8-20(9-7-18)14-10-13(16-11-17-14)19-4-2-12(3-5-19)15(21)22/h10-12H,2-9H2,1H3,(H,21,22). The summed E-state index contributed by atoms with van der Waals surface area (Å²) < 4.78 is 0. The first-order chi connectivity index (χ1) is 10.6. The van der Waals surface area contributed by atoms with E-state index in [-0.39, 0.29) is 5.92 Å². The van der Waals surface area contributed by atoms with E-state index in [2.05, 4.69) is 31.7 Å². The lowest BCUT2D eigenvalue weighted by molar-refractivity contribution is -0.142. The summed E-state index contributed by atoms with van der Waals surface area (Å²) in [5, 5.41) is 9.08. The highest BCUT2D eigenvalue weighted by Gasteiger charge is 2.25. The monoisotopic (exact) mass is 305 g/mol. The van der Waals surface area contributed by atoms with E-state index in [0.29, 0.717) is 12.8 Å². The second-order valence-corrected chi connectivity index (χ2v) is 6.12. The number of aromatic nitrogens is 2. The van der Waals surface area contributed by atoms with Gasteiger partial charge in [-0.25, -0.2) is 9.97 Å². The molecule has 0 bridgehead atoms. The van der Waals surface area contributed by atoms with Crippen molar-refractivity contribution in [1.29, 1.82) is 0 Å². The van der Waals surface area contributed by atoms with Crippen molar-refractivity contribution >= 4 is 17.6 Å². The molecule has 7 heteroatoms. The zero-order chi connectivity index (χ0) is 15.5. The molecule has 2 aliphatic heterocycles. The van der Waals surface area contributed by atoms with Crippen molar-refractivity contribution in [3.05, 3.63) is 12.4 Å². The number of carboxylic acid groups (broad SMARTS) is 1. The number of hydrogen-bond donors (Lipinski definition) is 1. The summed E-state index contributed by atoms with van der Waals surface area (Å²) in [4.78, 5) is 26.6. The van der Waals surface area contributed by atoms with Crippen LogP contribution in [0.4, 0.5) is 11.6 Å². The van der Waals surface area contributed by atoms with Crippen molar-refractivity contribution in [1.82, 2.24) is 14.9 Å². The Morgan fingerprint density at radius 2 is 1.59 bits per heavy atom. The van der Waals surface area contributed by atoms with Gasteiger partial charge in [0.2, 0.25) is 0 Å². The first-order valence-corrected chi connectivity index (χ1v) is 7.87. The largest absolute Gasteiger partial charge is 0.481 e. The van der Waals surface area contributed by atoms with Crippen LogP contribution >= 0.6 is 0 Å². The summed E-state index contributed by atoms with van der Waals surface area (Å²) in [6.45, 7) is 5.54. The molecule has 1 aromatic rings. The van der Waals surface area contributed by atoms with Crippen LogP contribution in [-0.4, -0.2) is 72.3 Å². The Labute approximate surface area is 130 Å². The van der Waals surface area contributed by atoms with Gasteiger partial charge in [0, 0.05) is 45.3 Å². The number of carboxylic acids is 1. The summed E-state index contributed by atoms with van der Waals surface area (Å²) in [6, 6.07) is 2.03. The van der Waals surface area contributed by atoms with Crippen LogP contribution in [0.15, 0.2) is 12.4 Å². The highest BCUT2D eigenvalue weighted by atomic mass is 16.4. The van der Waals surface area contributed by atoms with Gasteiger partial charge < -0.3 is 19.8 Å². The third kappa shape index (κ3) is 3.30. The molecule has 1 aromatic heterocycles. The Kier molecular flexibility index (Phi) is 4.42. The van der Waals surface area contributed by atoms with Crippen LogP contribution in [0.5, 0.6) is 0 Å². The molecule has 1 N–H and O–H groups in total. The minimum atomic E-state index is -0.680. The molecular formula is C15H23N5O2. The first kappa shape index (κ1) is 15.0. The maximum atomic E-state index is 11.0. The van der Waals surface area contributed by atoms with E-state index in [4.69, 9.17) is 5.11 Å². The molecule has 0 atom stereocenters. The van der Waals surface area contributed by atoms with Crippen LogP contribution in [0, 0.1) is 5.92 Å². The molecule has 0 aliphatic carbocycles. The van der Waals surface area contributed by atoms with Crippen LogP contribution in [-0.2, 0) is 4.79 Å². The number of piperazine rings is 1. The fourth-order valence-corrected chi connectivity index (χ4v) is 3.07. The Morgan fingerprint density at radius 1 is 1.05 bits per heavy atom. The topological polar surface area (TPSA) is 72.8 Å². The van der Waals surface area contributed by atoms with Crippen LogP contribution in [0.1, 0.15) is 12.8 Å². The number of hydrogen-bond acceptors (Lipinski definition) is 6. The van der Waals surface area contributed by atoms with Gasteiger partial charge in [0.25, 0.3) is 0 Å². The Morgan fingerprint density at radius 3 is 2.14 bits per heavy atom. The first-order valence-electron chi connectivity index (χ1n) is 7.87. The maximum absolute atomic E-state index is 11.0. The molecule has 3 rings (SSSR count). The molecule has 3 heterocycles. The summed E-state index contributed by atoms with van der Waals surface area (Å²) in [5.41, 5.74) is 0. The van der Waals surface area contributed by atoms with Crippen molar-refractivity contribution in [2.45, 2.75) is 12.8 Å². The van der Waals surface area contributed by atoms with Gasteiger partial charge in [-0.3, -0.25) is 4.79 Å². The normalized spacial score (nSPS) is 21.1. The van der Waals surface area contributed by atoms with E-state index in [0.717, 1.165) is 50.9 Å². The predicted octanol–water partition coefficient (Wildman–Crippen LogP) is 0.529. The van der Waals surface area contributed by atoms with E-state index in [1.54, 1.807) is 6.33 Å². The van der Waals surface area contributed by atoms with Gasteiger partial charge in [0.15, 0.2) is 0 Å². The van der Waals surface area contributed by atoms with E-state index in [1.807, 2.05) is 6.07 Å². The van der Waals surface area contributed by atoms with Crippen LogP contribution in [0.3, 0.4) is 0 Å². The lowest BCUT2D eigenvalue weighted by Gasteiger charge is -2.34. The van der Waals surface area contributed by atoms with Crippen molar-refractivity contribution < 1.29 is 9.90 Å². The minimum Gasteiger partial charge on any atom is -0.481 e. The summed E-state index contributed by atoms with van der Waals surface area (Å²) >= 11 is 0. The molecule has 0 amide bonds.